The van der Waals surface area contributed by atoms with E-state index in [4.69, 9.17) is 4.74 Å². The van der Waals surface area contributed by atoms with E-state index < -0.39 is 6.10 Å². The Hall–Kier alpha value is -2.63. The van der Waals surface area contributed by atoms with Crippen molar-refractivity contribution in [1.82, 2.24) is 15.3 Å². The zero-order chi connectivity index (χ0) is 16.8. The van der Waals surface area contributed by atoms with Crippen LogP contribution >= 0.6 is 0 Å². The molecule has 0 aliphatic carbocycles. The van der Waals surface area contributed by atoms with Crippen LogP contribution in [0.5, 0.6) is 5.75 Å². The highest BCUT2D eigenvalue weighted by atomic mass is 16.5. The number of anilines is 1. The molecule has 6 nitrogen and oxygen atoms in total. The summed E-state index contributed by atoms with van der Waals surface area (Å²) in [6.07, 6.45) is 3.54. The smallest absolute Gasteiger partial charge is 0.261 e. The molecule has 6 heteroatoms. The number of ether oxygens (including phenoxy) is 1. The summed E-state index contributed by atoms with van der Waals surface area (Å²) in [7, 11) is 0. The van der Waals surface area contributed by atoms with Gasteiger partial charge in [-0.15, -0.1) is 0 Å². The minimum absolute atomic E-state index is 0.166. The third-order valence-corrected chi connectivity index (χ3v) is 3.96. The maximum absolute atomic E-state index is 12.2. The van der Waals surface area contributed by atoms with Gasteiger partial charge in [-0.25, -0.2) is 9.97 Å². The van der Waals surface area contributed by atoms with E-state index >= 15 is 0 Å². The van der Waals surface area contributed by atoms with E-state index in [1.165, 1.54) is 12.8 Å². The zero-order valence-electron chi connectivity index (χ0n) is 13.8. The molecule has 1 unspecified atom stereocenters. The van der Waals surface area contributed by atoms with Crippen molar-refractivity contribution in [2.24, 2.45) is 0 Å². The molecule has 1 atom stereocenters. The molecule has 1 N–H and O–H groups in total. The van der Waals surface area contributed by atoms with Crippen molar-refractivity contribution >= 4 is 11.9 Å². The predicted octanol–water partition coefficient (Wildman–Crippen LogP) is 2.16. The molecular weight excluding hydrogens is 304 g/mol. The lowest BCUT2D eigenvalue weighted by molar-refractivity contribution is -0.127. The maximum atomic E-state index is 12.2. The summed E-state index contributed by atoms with van der Waals surface area (Å²) in [5.74, 6) is 1.26. The fourth-order valence-corrected chi connectivity index (χ4v) is 2.63. The van der Waals surface area contributed by atoms with E-state index in [-0.39, 0.29) is 5.91 Å². The molecule has 0 bridgehead atoms. The second kappa shape index (κ2) is 7.77. The van der Waals surface area contributed by atoms with Crippen molar-refractivity contribution in [2.75, 3.05) is 18.0 Å². The molecule has 1 aromatic carbocycles. The van der Waals surface area contributed by atoms with Crippen molar-refractivity contribution in [3.8, 4) is 5.75 Å². The highest BCUT2D eigenvalue weighted by Gasteiger charge is 2.16. The van der Waals surface area contributed by atoms with E-state index in [0.717, 1.165) is 24.7 Å². The van der Waals surface area contributed by atoms with Gasteiger partial charge >= 0.3 is 0 Å². The first kappa shape index (κ1) is 16.2. The molecular formula is C18H22N4O2. The lowest BCUT2D eigenvalue weighted by Crippen LogP contribution is -2.36. The molecule has 1 aliphatic rings. The van der Waals surface area contributed by atoms with Crippen molar-refractivity contribution in [2.45, 2.75) is 32.4 Å². The summed E-state index contributed by atoms with van der Waals surface area (Å²) in [4.78, 5) is 23.2. The average Bonchev–Trinajstić information content (AvgIpc) is 3.15. The molecule has 1 fully saturated rings. The Bertz CT molecular complexity index is 672. The fraction of sp³-hybridized carbons (Fsp3) is 0.389. The van der Waals surface area contributed by atoms with Crippen LogP contribution in [0, 0.1) is 0 Å². The van der Waals surface area contributed by atoms with Crippen LogP contribution < -0.4 is 15.0 Å². The van der Waals surface area contributed by atoms with Crippen LogP contribution in [0.15, 0.2) is 42.6 Å². The van der Waals surface area contributed by atoms with E-state index in [2.05, 4.69) is 20.2 Å². The SMILES string of the molecule is CC(Oc1ccccc1)C(=O)NCc1ccnc(N2CCCC2)n1. The number of benzene rings is 1. The molecule has 126 valence electrons. The van der Waals surface area contributed by atoms with Crippen LogP contribution in [0.2, 0.25) is 0 Å². The van der Waals surface area contributed by atoms with Gasteiger partial charge in [0.15, 0.2) is 6.10 Å². The largest absolute Gasteiger partial charge is 0.481 e. The Morgan fingerprint density at radius 2 is 2.00 bits per heavy atom. The first-order valence-electron chi connectivity index (χ1n) is 8.28. The van der Waals surface area contributed by atoms with Gasteiger partial charge in [-0.3, -0.25) is 4.79 Å². The van der Waals surface area contributed by atoms with Crippen molar-refractivity contribution in [1.29, 1.82) is 0 Å². The fourth-order valence-electron chi connectivity index (χ4n) is 2.63. The van der Waals surface area contributed by atoms with Crippen LogP contribution in [0.25, 0.3) is 0 Å². The summed E-state index contributed by atoms with van der Waals surface area (Å²) in [6.45, 7) is 4.10. The van der Waals surface area contributed by atoms with Gasteiger partial charge in [0.25, 0.3) is 5.91 Å². The number of hydrogen-bond acceptors (Lipinski definition) is 5. The van der Waals surface area contributed by atoms with Crippen molar-refractivity contribution < 1.29 is 9.53 Å². The number of hydrogen-bond donors (Lipinski definition) is 1. The second-order valence-electron chi connectivity index (χ2n) is 5.83. The van der Waals surface area contributed by atoms with Crippen molar-refractivity contribution in [3.05, 3.63) is 48.3 Å². The molecule has 0 radical (unpaired) electrons. The van der Waals surface area contributed by atoms with E-state index in [1.807, 2.05) is 36.4 Å². The summed E-state index contributed by atoms with van der Waals surface area (Å²) in [5.41, 5.74) is 0.798. The third-order valence-electron chi connectivity index (χ3n) is 3.96. The monoisotopic (exact) mass is 326 g/mol. The normalized spacial score (nSPS) is 15.1. The maximum Gasteiger partial charge on any atom is 0.261 e. The van der Waals surface area contributed by atoms with Gasteiger partial charge in [0.1, 0.15) is 5.75 Å². The predicted molar refractivity (Wildman–Crippen MR) is 91.9 cm³/mol. The average molecular weight is 326 g/mol. The summed E-state index contributed by atoms with van der Waals surface area (Å²) in [5, 5.41) is 2.86. The first-order valence-corrected chi connectivity index (χ1v) is 8.28. The number of carbonyl (C=O) groups excluding carboxylic acids is 1. The highest BCUT2D eigenvalue weighted by molar-refractivity contribution is 5.80. The quantitative estimate of drug-likeness (QED) is 0.881. The van der Waals surface area contributed by atoms with Gasteiger partial charge in [0.2, 0.25) is 5.95 Å². The number of para-hydroxylation sites is 1. The Balaban J connectivity index is 1.53. The molecule has 24 heavy (non-hydrogen) atoms. The number of nitrogens with one attached hydrogen (secondary N) is 1. The Morgan fingerprint density at radius 1 is 1.25 bits per heavy atom. The minimum atomic E-state index is -0.563. The van der Waals surface area contributed by atoms with Gasteiger partial charge in [-0.1, -0.05) is 18.2 Å². The van der Waals surface area contributed by atoms with Crippen LogP contribution in [0.4, 0.5) is 5.95 Å². The molecule has 1 saturated heterocycles. The van der Waals surface area contributed by atoms with E-state index in [9.17, 15) is 4.79 Å². The zero-order valence-corrected chi connectivity index (χ0v) is 13.8. The lowest BCUT2D eigenvalue weighted by atomic mass is 10.3. The van der Waals surface area contributed by atoms with Crippen LogP contribution in [-0.2, 0) is 11.3 Å². The molecule has 2 heterocycles. The summed E-state index contributed by atoms with van der Waals surface area (Å²) < 4.78 is 5.62. The van der Waals surface area contributed by atoms with Crippen LogP contribution in [0.3, 0.4) is 0 Å². The van der Waals surface area contributed by atoms with Crippen LogP contribution in [-0.4, -0.2) is 35.1 Å². The number of nitrogens with zero attached hydrogens (tertiary/aromatic N) is 3. The minimum Gasteiger partial charge on any atom is -0.481 e. The first-order chi connectivity index (χ1) is 11.7. The molecule has 0 spiro atoms. The molecule has 0 saturated carbocycles. The molecule has 1 amide bonds. The van der Waals surface area contributed by atoms with E-state index in [1.54, 1.807) is 13.1 Å². The van der Waals surface area contributed by atoms with Gasteiger partial charge in [-0.2, -0.15) is 0 Å². The van der Waals surface area contributed by atoms with Crippen molar-refractivity contribution in [3.63, 3.8) is 0 Å². The lowest BCUT2D eigenvalue weighted by Gasteiger charge is -2.16. The summed E-state index contributed by atoms with van der Waals surface area (Å²) >= 11 is 0. The Labute approximate surface area is 141 Å². The molecule has 3 rings (SSSR count). The Kier molecular flexibility index (Phi) is 5.25. The molecule has 1 aromatic heterocycles. The van der Waals surface area contributed by atoms with Gasteiger partial charge in [-0.05, 0) is 38.0 Å². The number of aromatic nitrogens is 2. The molecule has 1 aliphatic heterocycles. The highest BCUT2D eigenvalue weighted by Crippen LogP contribution is 2.15. The topological polar surface area (TPSA) is 67.3 Å². The standard InChI is InChI=1S/C18H22N4O2/c1-14(24-16-7-3-2-4-8-16)17(23)20-13-15-9-10-19-18(21-15)22-11-5-6-12-22/h2-4,7-10,14H,5-6,11-13H2,1H3,(H,20,23). The van der Waals surface area contributed by atoms with Gasteiger partial charge < -0.3 is 15.0 Å². The number of rotatable bonds is 6. The third kappa shape index (κ3) is 4.22. The molecule has 2 aromatic rings. The van der Waals surface area contributed by atoms with E-state index in [0.29, 0.717) is 12.3 Å². The number of amides is 1. The van der Waals surface area contributed by atoms with Gasteiger partial charge in [0.05, 0.1) is 12.2 Å². The van der Waals surface area contributed by atoms with Gasteiger partial charge in [0, 0.05) is 19.3 Å². The number of carbonyl (C=O) groups is 1. The van der Waals surface area contributed by atoms with Crippen LogP contribution in [0.1, 0.15) is 25.5 Å². The summed E-state index contributed by atoms with van der Waals surface area (Å²) in [6, 6.07) is 11.1. The Morgan fingerprint density at radius 3 is 2.75 bits per heavy atom. The second-order valence-corrected chi connectivity index (χ2v) is 5.83.